The second kappa shape index (κ2) is 8.51. The molecule has 0 spiro atoms. The maximum atomic E-state index is 12.4. The van der Waals surface area contributed by atoms with Crippen molar-refractivity contribution in [1.29, 1.82) is 0 Å². The Balaban J connectivity index is 1.87. The van der Waals surface area contributed by atoms with Gasteiger partial charge in [0.2, 0.25) is 0 Å². The number of aryl methyl sites for hydroxylation is 1. The highest BCUT2D eigenvalue weighted by Crippen LogP contribution is 2.36. The molecule has 2 amide bonds. The molecule has 0 aliphatic heterocycles. The Kier molecular flexibility index (Phi) is 5.88. The minimum absolute atomic E-state index is 0.356. The van der Waals surface area contributed by atoms with Crippen molar-refractivity contribution in [3.8, 4) is 11.1 Å². The Morgan fingerprint density at radius 2 is 1.70 bits per heavy atom. The smallest absolute Gasteiger partial charge is 0.341 e. The highest BCUT2D eigenvalue weighted by molar-refractivity contribution is 7.15. The van der Waals surface area contributed by atoms with Crippen LogP contribution in [-0.2, 0) is 11.2 Å². The van der Waals surface area contributed by atoms with Crippen molar-refractivity contribution >= 4 is 34.0 Å². The third-order valence-corrected chi connectivity index (χ3v) is 5.01. The number of thiophene rings is 1. The molecule has 2 N–H and O–H groups in total. The maximum absolute atomic E-state index is 12.4. The van der Waals surface area contributed by atoms with Gasteiger partial charge in [-0.1, -0.05) is 49.4 Å². The number of carbonyl (C=O) groups is 2. The minimum atomic E-state index is -0.485. The molecule has 6 heteroatoms. The molecule has 0 saturated carbocycles. The first kappa shape index (κ1) is 18.7. The molecular weight excluding hydrogens is 360 g/mol. The normalized spacial score (nSPS) is 10.3. The summed E-state index contributed by atoms with van der Waals surface area (Å²) in [6, 6.07) is 16.7. The average Bonchev–Trinajstić information content (AvgIpc) is 3.11. The number of benzene rings is 2. The molecule has 1 aromatic heterocycles. The van der Waals surface area contributed by atoms with Gasteiger partial charge >= 0.3 is 12.0 Å². The quantitative estimate of drug-likeness (QED) is 0.582. The summed E-state index contributed by atoms with van der Waals surface area (Å²) < 4.78 is 4.94. The topological polar surface area (TPSA) is 67.4 Å². The van der Waals surface area contributed by atoms with Gasteiger partial charge in [0.25, 0.3) is 0 Å². The maximum Gasteiger partial charge on any atom is 0.341 e. The Labute approximate surface area is 162 Å². The lowest BCUT2D eigenvalue weighted by atomic mass is 10.0. The van der Waals surface area contributed by atoms with Crippen LogP contribution in [0, 0.1) is 0 Å². The van der Waals surface area contributed by atoms with Crippen LogP contribution in [0.3, 0.4) is 0 Å². The van der Waals surface area contributed by atoms with Gasteiger partial charge in [-0.25, -0.2) is 9.59 Å². The molecule has 2 aromatic carbocycles. The van der Waals surface area contributed by atoms with Gasteiger partial charge in [-0.2, -0.15) is 0 Å². The number of hydrogen-bond acceptors (Lipinski definition) is 4. The van der Waals surface area contributed by atoms with Crippen molar-refractivity contribution in [2.45, 2.75) is 13.3 Å². The minimum Gasteiger partial charge on any atom is -0.465 e. The highest BCUT2D eigenvalue weighted by Gasteiger charge is 2.22. The number of methoxy groups -OCH3 is 1. The molecule has 3 rings (SSSR count). The lowest BCUT2D eigenvalue weighted by molar-refractivity contribution is 0.0603. The van der Waals surface area contributed by atoms with Crippen LogP contribution >= 0.6 is 11.3 Å². The van der Waals surface area contributed by atoms with E-state index in [-0.39, 0.29) is 0 Å². The summed E-state index contributed by atoms with van der Waals surface area (Å²) in [6.45, 7) is 2.09. The molecule has 5 nitrogen and oxygen atoms in total. The molecule has 0 fully saturated rings. The van der Waals surface area contributed by atoms with E-state index >= 15 is 0 Å². The van der Waals surface area contributed by atoms with E-state index in [4.69, 9.17) is 4.74 Å². The van der Waals surface area contributed by atoms with Gasteiger partial charge in [-0.3, -0.25) is 5.32 Å². The van der Waals surface area contributed by atoms with Gasteiger partial charge in [0.15, 0.2) is 0 Å². The van der Waals surface area contributed by atoms with Crippen LogP contribution < -0.4 is 10.6 Å². The van der Waals surface area contributed by atoms with E-state index in [0.29, 0.717) is 16.3 Å². The van der Waals surface area contributed by atoms with Gasteiger partial charge in [0.05, 0.1) is 7.11 Å². The molecule has 0 radical (unpaired) electrons. The van der Waals surface area contributed by atoms with Crippen molar-refractivity contribution in [2.24, 2.45) is 0 Å². The zero-order chi connectivity index (χ0) is 19.2. The summed E-state index contributed by atoms with van der Waals surface area (Å²) in [6.07, 6.45) is 0.945. The Hall–Kier alpha value is -3.12. The lowest BCUT2D eigenvalue weighted by Crippen LogP contribution is -2.20. The molecule has 0 saturated heterocycles. The molecule has 0 aliphatic rings. The summed E-state index contributed by atoms with van der Waals surface area (Å²) in [5.41, 5.74) is 3.88. The van der Waals surface area contributed by atoms with Gasteiger partial charge in [0.1, 0.15) is 10.6 Å². The summed E-state index contributed by atoms with van der Waals surface area (Å²) in [4.78, 5) is 24.7. The standard InChI is InChI=1S/C21H20N2O3S/c1-3-14-9-11-15(12-10-14)17-13-27-19(18(17)20(24)26-2)23-21(25)22-16-7-5-4-6-8-16/h4-13H,3H2,1-2H3,(H2,22,23,25). The summed E-state index contributed by atoms with van der Waals surface area (Å²) in [7, 11) is 1.33. The van der Waals surface area contributed by atoms with Gasteiger partial charge in [-0.15, -0.1) is 11.3 Å². The van der Waals surface area contributed by atoms with E-state index in [1.807, 2.05) is 47.8 Å². The molecule has 0 atom stereocenters. The number of para-hydroxylation sites is 1. The lowest BCUT2D eigenvalue weighted by Gasteiger charge is -2.09. The van der Waals surface area contributed by atoms with Crippen LogP contribution in [-0.4, -0.2) is 19.1 Å². The predicted molar refractivity (Wildman–Crippen MR) is 110 cm³/mol. The van der Waals surface area contributed by atoms with Crippen LogP contribution in [0.2, 0.25) is 0 Å². The van der Waals surface area contributed by atoms with Gasteiger partial charge < -0.3 is 10.1 Å². The van der Waals surface area contributed by atoms with Crippen LogP contribution in [0.5, 0.6) is 0 Å². The number of amides is 2. The first-order chi connectivity index (χ1) is 13.1. The number of esters is 1. The summed E-state index contributed by atoms with van der Waals surface area (Å²) in [5, 5.41) is 7.80. The number of ether oxygens (including phenoxy) is 1. The van der Waals surface area contributed by atoms with Crippen molar-refractivity contribution in [3.63, 3.8) is 0 Å². The average molecular weight is 380 g/mol. The second-order valence-electron chi connectivity index (χ2n) is 5.84. The zero-order valence-electron chi connectivity index (χ0n) is 15.1. The second-order valence-corrected chi connectivity index (χ2v) is 6.72. The molecule has 0 bridgehead atoms. The van der Waals surface area contributed by atoms with Crippen molar-refractivity contribution in [2.75, 3.05) is 17.7 Å². The Bertz CT molecular complexity index is 934. The summed E-state index contributed by atoms with van der Waals surface area (Å²) >= 11 is 1.29. The van der Waals surface area contributed by atoms with Crippen molar-refractivity contribution in [1.82, 2.24) is 0 Å². The molecule has 3 aromatic rings. The molecule has 1 heterocycles. The molecular formula is C21H20N2O3S. The molecule has 27 heavy (non-hydrogen) atoms. The summed E-state index contributed by atoms with van der Waals surface area (Å²) in [5.74, 6) is -0.485. The van der Waals surface area contributed by atoms with E-state index in [1.165, 1.54) is 24.0 Å². The third-order valence-electron chi connectivity index (χ3n) is 4.11. The van der Waals surface area contributed by atoms with E-state index in [0.717, 1.165) is 17.5 Å². The fourth-order valence-electron chi connectivity index (χ4n) is 2.67. The number of urea groups is 1. The largest absolute Gasteiger partial charge is 0.465 e. The van der Waals surface area contributed by atoms with Crippen molar-refractivity contribution in [3.05, 3.63) is 71.1 Å². The fraction of sp³-hybridized carbons (Fsp3) is 0.143. The molecule has 0 unspecified atom stereocenters. The fourth-order valence-corrected chi connectivity index (χ4v) is 3.63. The van der Waals surface area contributed by atoms with Crippen LogP contribution in [0.15, 0.2) is 60.0 Å². The van der Waals surface area contributed by atoms with Crippen LogP contribution in [0.4, 0.5) is 15.5 Å². The third kappa shape index (κ3) is 4.35. The van der Waals surface area contributed by atoms with Crippen LogP contribution in [0.25, 0.3) is 11.1 Å². The zero-order valence-corrected chi connectivity index (χ0v) is 15.9. The predicted octanol–water partition coefficient (Wildman–Crippen LogP) is 5.41. The monoisotopic (exact) mass is 380 g/mol. The number of carbonyl (C=O) groups excluding carboxylic acids is 2. The molecule has 0 aliphatic carbocycles. The van der Waals surface area contributed by atoms with E-state index in [1.54, 1.807) is 12.1 Å². The van der Waals surface area contributed by atoms with Gasteiger partial charge in [0, 0.05) is 16.6 Å². The van der Waals surface area contributed by atoms with E-state index in [9.17, 15) is 9.59 Å². The first-order valence-corrected chi connectivity index (χ1v) is 9.42. The van der Waals surface area contributed by atoms with E-state index in [2.05, 4.69) is 17.6 Å². The van der Waals surface area contributed by atoms with E-state index < -0.39 is 12.0 Å². The Morgan fingerprint density at radius 1 is 1.00 bits per heavy atom. The highest BCUT2D eigenvalue weighted by atomic mass is 32.1. The molecule has 138 valence electrons. The first-order valence-electron chi connectivity index (χ1n) is 8.54. The van der Waals surface area contributed by atoms with Crippen LogP contribution in [0.1, 0.15) is 22.8 Å². The van der Waals surface area contributed by atoms with Gasteiger partial charge in [-0.05, 0) is 29.7 Å². The SMILES string of the molecule is CCc1ccc(-c2csc(NC(=O)Nc3ccccc3)c2C(=O)OC)cc1. The number of nitrogens with one attached hydrogen (secondary N) is 2. The Morgan fingerprint density at radius 3 is 2.33 bits per heavy atom. The number of anilines is 2. The number of hydrogen-bond donors (Lipinski definition) is 2. The number of rotatable bonds is 5. The van der Waals surface area contributed by atoms with Crippen molar-refractivity contribution < 1.29 is 14.3 Å².